The van der Waals surface area contributed by atoms with E-state index in [1.807, 2.05) is 6.07 Å². The Kier molecular flexibility index (Phi) is 4.09. The normalized spacial score (nSPS) is 10.4. The summed E-state index contributed by atoms with van der Waals surface area (Å²) >= 11 is 9.17. The number of rotatable bonds is 3. The van der Waals surface area contributed by atoms with Gasteiger partial charge in [0, 0.05) is 12.1 Å². The standard InChI is InChI=1S/C13H10BrClFNO/c14-10-3-1-2-8(13(10)18)7-17-12-6-9(16)4-5-11(12)15/h1-6,17-18H,7H2. The summed E-state index contributed by atoms with van der Waals surface area (Å²) in [5, 5.41) is 13.2. The Hall–Kier alpha value is -1.26. The van der Waals surface area contributed by atoms with E-state index in [4.69, 9.17) is 11.6 Å². The Labute approximate surface area is 118 Å². The fourth-order valence-corrected chi connectivity index (χ4v) is 2.12. The van der Waals surface area contributed by atoms with Gasteiger partial charge in [0.05, 0.1) is 15.2 Å². The van der Waals surface area contributed by atoms with Crippen molar-refractivity contribution in [1.29, 1.82) is 0 Å². The number of nitrogens with one attached hydrogen (secondary N) is 1. The monoisotopic (exact) mass is 329 g/mol. The molecule has 0 spiro atoms. The van der Waals surface area contributed by atoms with Crippen molar-refractivity contribution in [3.8, 4) is 5.75 Å². The van der Waals surface area contributed by atoms with Crippen LogP contribution in [0.2, 0.25) is 5.02 Å². The zero-order valence-electron chi connectivity index (χ0n) is 9.25. The highest BCUT2D eigenvalue weighted by atomic mass is 79.9. The van der Waals surface area contributed by atoms with Crippen LogP contribution in [0.4, 0.5) is 10.1 Å². The third kappa shape index (κ3) is 2.94. The van der Waals surface area contributed by atoms with Crippen LogP contribution in [-0.2, 0) is 6.54 Å². The predicted molar refractivity (Wildman–Crippen MR) is 74.5 cm³/mol. The lowest BCUT2D eigenvalue weighted by atomic mass is 10.2. The predicted octanol–water partition coefficient (Wildman–Crippen LogP) is 4.56. The first-order valence-electron chi connectivity index (χ1n) is 5.23. The van der Waals surface area contributed by atoms with E-state index >= 15 is 0 Å². The number of para-hydroxylation sites is 1. The van der Waals surface area contributed by atoms with E-state index < -0.39 is 0 Å². The van der Waals surface area contributed by atoms with Crippen LogP contribution >= 0.6 is 27.5 Å². The summed E-state index contributed by atoms with van der Waals surface area (Å²) in [7, 11) is 0. The lowest BCUT2D eigenvalue weighted by Crippen LogP contribution is -2.00. The van der Waals surface area contributed by atoms with Gasteiger partial charge in [-0.2, -0.15) is 0 Å². The van der Waals surface area contributed by atoms with Crippen LogP contribution in [0.5, 0.6) is 5.75 Å². The van der Waals surface area contributed by atoms with Gasteiger partial charge < -0.3 is 10.4 Å². The summed E-state index contributed by atoms with van der Waals surface area (Å²) in [6.45, 7) is 0.356. The number of hydrogen-bond acceptors (Lipinski definition) is 2. The average molecular weight is 331 g/mol. The van der Waals surface area contributed by atoms with Crippen molar-refractivity contribution in [1.82, 2.24) is 0 Å². The Balaban J connectivity index is 2.16. The third-order valence-corrected chi connectivity index (χ3v) is 3.44. The Morgan fingerprint density at radius 3 is 2.83 bits per heavy atom. The molecular formula is C13H10BrClFNO. The maximum atomic E-state index is 13.1. The molecule has 18 heavy (non-hydrogen) atoms. The van der Waals surface area contributed by atoms with Crippen molar-refractivity contribution in [2.75, 3.05) is 5.32 Å². The summed E-state index contributed by atoms with van der Waals surface area (Å²) in [4.78, 5) is 0. The molecule has 0 atom stereocenters. The van der Waals surface area contributed by atoms with Crippen molar-refractivity contribution < 1.29 is 9.50 Å². The maximum Gasteiger partial charge on any atom is 0.134 e. The number of hydrogen-bond donors (Lipinski definition) is 2. The second-order valence-electron chi connectivity index (χ2n) is 3.73. The average Bonchev–Trinajstić information content (AvgIpc) is 2.35. The van der Waals surface area contributed by atoms with Gasteiger partial charge in [-0.3, -0.25) is 0 Å². The first kappa shape index (κ1) is 13.2. The second-order valence-corrected chi connectivity index (χ2v) is 4.99. The van der Waals surface area contributed by atoms with Crippen molar-refractivity contribution >= 4 is 33.2 Å². The first-order chi connectivity index (χ1) is 8.58. The van der Waals surface area contributed by atoms with Crippen LogP contribution in [0.3, 0.4) is 0 Å². The van der Waals surface area contributed by atoms with Gasteiger partial charge in [0.1, 0.15) is 11.6 Å². The zero-order chi connectivity index (χ0) is 13.1. The molecule has 0 saturated carbocycles. The Morgan fingerprint density at radius 2 is 2.06 bits per heavy atom. The van der Waals surface area contributed by atoms with E-state index in [1.165, 1.54) is 18.2 Å². The minimum atomic E-state index is -0.361. The Bertz CT molecular complexity index is 575. The summed E-state index contributed by atoms with van der Waals surface area (Å²) < 4.78 is 13.7. The van der Waals surface area contributed by atoms with Gasteiger partial charge in [-0.05, 0) is 40.2 Å². The van der Waals surface area contributed by atoms with Gasteiger partial charge in [-0.15, -0.1) is 0 Å². The van der Waals surface area contributed by atoms with E-state index in [0.717, 1.165) is 0 Å². The van der Waals surface area contributed by atoms with Crippen LogP contribution in [0.15, 0.2) is 40.9 Å². The molecule has 0 saturated heterocycles. The lowest BCUT2D eigenvalue weighted by Gasteiger charge is -2.10. The molecule has 94 valence electrons. The van der Waals surface area contributed by atoms with Gasteiger partial charge in [-0.1, -0.05) is 23.7 Å². The fraction of sp³-hybridized carbons (Fsp3) is 0.0769. The van der Waals surface area contributed by atoms with Gasteiger partial charge >= 0.3 is 0 Å². The molecule has 2 nitrogen and oxygen atoms in total. The molecule has 2 N–H and O–H groups in total. The number of halogens is 3. The van der Waals surface area contributed by atoms with Crippen molar-refractivity contribution in [2.24, 2.45) is 0 Å². The molecule has 0 aliphatic heterocycles. The van der Waals surface area contributed by atoms with E-state index in [9.17, 15) is 9.50 Å². The smallest absolute Gasteiger partial charge is 0.134 e. The van der Waals surface area contributed by atoms with E-state index in [1.54, 1.807) is 12.1 Å². The van der Waals surface area contributed by atoms with Gasteiger partial charge in [0.25, 0.3) is 0 Å². The molecule has 0 heterocycles. The van der Waals surface area contributed by atoms with Gasteiger partial charge in [0.2, 0.25) is 0 Å². The molecule has 5 heteroatoms. The van der Waals surface area contributed by atoms with Crippen LogP contribution in [0.25, 0.3) is 0 Å². The quantitative estimate of drug-likeness (QED) is 0.864. The van der Waals surface area contributed by atoms with Crippen LogP contribution in [-0.4, -0.2) is 5.11 Å². The van der Waals surface area contributed by atoms with Crippen LogP contribution in [0.1, 0.15) is 5.56 Å². The van der Waals surface area contributed by atoms with Crippen LogP contribution < -0.4 is 5.32 Å². The largest absolute Gasteiger partial charge is 0.506 e. The van der Waals surface area contributed by atoms with E-state index in [-0.39, 0.29) is 11.6 Å². The van der Waals surface area contributed by atoms with E-state index in [2.05, 4.69) is 21.2 Å². The first-order valence-corrected chi connectivity index (χ1v) is 6.40. The molecule has 2 aromatic rings. The molecule has 2 rings (SSSR count). The highest BCUT2D eigenvalue weighted by Gasteiger charge is 2.06. The summed E-state index contributed by atoms with van der Waals surface area (Å²) in [5.74, 6) is -0.196. The lowest BCUT2D eigenvalue weighted by molar-refractivity contribution is 0.465. The maximum absolute atomic E-state index is 13.1. The number of phenols is 1. The summed E-state index contributed by atoms with van der Waals surface area (Å²) in [6, 6.07) is 9.43. The topological polar surface area (TPSA) is 32.3 Å². The Morgan fingerprint density at radius 1 is 1.28 bits per heavy atom. The fourth-order valence-electron chi connectivity index (χ4n) is 1.53. The van der Waals surface area contributed by atoms with E-state index in [0.29, 0.717) is 27.3 Å². The second kappa shape index (κ2) is 5.59. The third-order valence-electron chi connectivity index (χ3n) is 2.47. The van der Waals surface area contributed by atoms with Crippen molar-refractivity contribution in [3.05, 3.63) is 57.3 Å². The SMILES string of the molecule is Oc1c(Br)cccc1CNc1cc(F)ccc1Cl. The highest BCUT2D eigenvalue weighted by molar-refractivity contribution is 9.10. The molecule has 0 aliphatic carbocycles. The van der Waals surface area contributed by atoms with Gasteiger partial charge in [0.15, 0.2) is 0 Å². The zero-order valence-corrected chi connectivity index (χ0v) is 11.6. The minimum Gasteiger partial charge on any atom is -0.506 e. The minimum absolute atomic E-state index is 0.164. The molecule has 0 fully saturated rings. The van der Waals surface area contributed by atoms with Crippen molar-refractivity contribution in [2.45, 2.75) is 6.54 Å². The highest BCUT2D eigenvalue weighted by Crippen LogP contribution is 2.29. The molecule has 0 amide bonds. The number of aromatic hydroxyl groups is 1. The summed E-state index contributed by atoms with van der Waals surface area (Å²) in [6.07, 6.45) is 0. The molecule has 0 radical (unpaired) electrons. The molecule has 2 aromatic carbocycles. The van der Waals surface area contributed by atoms with Gasteiger partial charge in [-0.25, -0.2) is 4.39 Å². The number of anilines is 1. The summed E-state index contributed by atoms with van der Waals surface area (Å²) in [5.41, 5.74) is 1.20. The number of phenolic OH excluding ortho intramolecular Hbond substituents is 1. The number of benzene rings is 2. The molecule has 0 bridgehead atoms. The molecule has 0 aliphatic rings. The molecular weight excluding hydrogens is 321 g/mol. The molecule has 0 aromatic heterocycles. The molecule has 0 unspecified atom stereocenters. The van der Waals surface area contributed by atoms with Crippen molar-refractivity contribution in [3.63, 3.8) is 0 Å². The van der Waals surface area contributed by atoms with Crippen LogP contribution in [0, 0.1) is 5.82 Å².